The lowest BCUT2D eigenvalue weighted by Gasteiger charge is -2.33. The number of amides is 1. The number of hydrogen-bond donors (Lipinski definition) is 2. The fourth-order valence-electron chi connectivity index (χ4n) is 4.42. The van der Waals surface area contributed by atoms with Gasteiger partial charge in [-0.25, -0.2) is 13.4 Å². The molecule has 13 heteroatoms. The molecule has 0 saturated carbocycles. The summed E-state index contributed by atoms with van der Waals surface area (Å²) < 4.78 is 38.8. The van der Waals surface area contributed by atoms with E-state index in [0.29, 0.717) is 27.4 Å². The summed E-state index contributed by atoms with van der Waals surface area (Å²) in [5.41, 5.74) is 0.605. The van der Waals surface area contributed by atoms with Crippen LogP contribution in [0.25, 0.3) is 10.9 Å². The number of sulfonamides is 1. The third-order valence-electron chi connectivity index (χ3n) is 6.26. The summed E-state index contributed by atoms with van der Waals surface area (Å²) in [7, 11) is -3.77. The number of ether oxygens (including phenoxy) is 1. The molecule has 1 atom stereocenters. The Kier molecular flexibility index (Phi) is 6.55. The predicted molar refractivity (Wildman–Crippen MR) is 135 cm³/mol. The van der Waals surface area contributed by atoms with Crippen LogP contribution in [-0.2, 0) is 32.5 Å². The van der Waals surface area contributed by atoms with Gasteiger partial charge in [-0.1, -0.05) is 11.6 Å². The molecular weight excluding hydrogens is 522 g/mol. The first kappa shape index (κ1) is 25.7. The average molecular weight is 550 g/mol. The molecular formula is C24H28ClN5O6S. The Balaban J connectivity index is 1.23. The lowest BCUT2D eigenvalue weighted by atomic mass is 10.1. The molecule has 2 aliphatic heterocycles. The molecule has 1 saturated heterocycles. The zero-order valence-corrected chi connectivity index (χ0v) is 22.3. The minimum absolute atomic E-state index is 0.0690. The maximum absolute atomic E-state index is 13.2. The number of esters is 1. The molecule has 2 N–H and O–H groups in total. The van der Waals surface area contributed by atoms with Crippen LogP contribution in [0.1, 0.15) is 42.9 Å². The first-order chi connectivity index (χ1) is 17.4. The molecule has 37 heavy (non-hydrogen) atoms. The van der Waals surface area contributed by atoms with Crippen molar-refractivity contribution in [3.05, 3.63) is 46.6 Å². The van der Waals surface area contributed by atoms with Gasteiger partial charge in [0.25, 0.3) is 15.9 Å². The van der Waals surface area contributed by atoms with Crippen LogP contribution in [0.2, 0.25) is 5.02 Å². The van der Waals surface area contributed by atoms with Crippen LogP contribution < -0.4 is 5.32 Å². The molecule has 0 radical (unpaired) electrons. The summed E-state index contributed by atoms with van der Waals surface area (Å²) >= 11 is 6.02. The van der Waals surface area contributed by atoms with Gasteiger partial charge in [-0.2, -0.15) is 4.31 Å². The van der Waals surface area contributed by atoms with Crippen molar-refractivity contribution in [3.8, 4) is 0 Å². The van der Waals surface area contributed by atoms with E-state index < -0.39 is 27.6 Å². The monoisotopic (exact) mass is 549 g/mol. The number of carbonyl (C=O) groups is 2. The average Bonchev–Trinajstić information content (AvgIpc) is 3.46. The standard InChI is InChI=1S/C24H28ClN5O6S/c1-24(2,3)36-23(32)18-12-17-19(13-26-18)35-21(28-17)22(31)29-6-8-30(9-7-29)37(33,34)20-11-14-10-15(25)4-5-16(14)27-20/h4-5,10-11,18,26-27H,6-9,12-13H2,1-3H3. The van der Waals surface area contributed by atoms with Crippen molar-refractivity contribution in [1.82, 2.24) is 24.5 Å². The van der Waals surface area contributed by atoms with Gasteiger partial charge in [0.1, 0.15) is 22.4 Å². The number of benzene rings is 1. The highest BCUT2D eigenvalue weighted by molar-refractivity contribution is 7.89. The molecule has 1 amide bonds. The lowest BCUT2D eigenvalue weighted by molar-refractivity contribution is -0.157. The van der Waals surface area contributed by atoms with Gasteiger partial charge in [0.2, 0.25) is 0 Å². The largest absolute Gasteiger partial charge is 0.459 e. The topological polar surface area (TPSA) is 138 Å². The predicted octanol–water partition coefficient (Wildman–Crippen LogP) is 2.31. The summed E-state index contributed by atoms with van der Waals surface area (Å²) in [5, 5.41) is 4.37. The minimum Gasteiger partial charge on any atom is -0.459 e. The van der Waals surface area contributed by atoms with Crippen molar-refractivity contribution in [3.63, 3.8) is 0 Å². The van der Waals surface area contributed by atoms with Crippen LogP contribution in [0.4, 0.5) is 0 Å². The van der Waals surface area contributed by atoms with E-state index >= 15 is 0 Å². The van der Waals surface area contributed by atoms with Crippen molar-refractivity contribution >= 4 is 44.4 Å². The number of carbonyl (C=O) groups excluding carboxylic acids is 2. The number of nitrogens with one attached hydrogen (secondary N) is 2. The summed E-state index contributed by atoms with van der Waals surface area (Å²) in [6, 6.07) is 6.10. The van der Waals surface area contributed by atoms with E-state index in [-0.39, 0.29) is 56.0 Å². The highest BCUT2D eigenvalue weighted by Crippen LogP contribution is 2.26. The number of oxazole rings is 1. The molecule has 11 nitrogen and oxygen atoms in total. The van der Waals surface area contributed by atoms with Gasteiger partial charge < -0.3 is 19.0 Å². The van der Waals surface area contributed by atoms with E-state index in [4.69, 9.17) is 20.8 Å². The Morgan fingerprint density at radius 2 is 1.89 bits per heavy atom. The van der Waals surface area contributed by atoms with Crippen LogP contribution in [0.15, 0.2) is 33.7 Å². The summed E-state index contributed by atoms with van der Waals surface area (Å²) in [5.74, 6) is -0.367. The van der Waals surface area contributed by atoms with Crippen molar-refractivity contribution in [2.75, 3.05) is 26.2 Å². The molecule has 0 bridgehead atoms. The Morgan fingerprint density at radius 1 is 1.16 bits per heavy atom. The Morgan fingerprint density at radius 3 is 2.59 bits per heavy atom. The van der Waals surface area contributed by atoms with Gasteiger partial charge in [0.05, 0.1) is 12.2 Å². The van der Waals surface area contributed by atoms with E-state index in [2.05, 4.69) is 15.3 Å². The number of aromatic nitrogens is 2. The fourth-order valence-corrected chi connectivity index (χ4v) is 6.03. The number of nitrogens with zero attached hydrogens (tertiary/aromatic N) is 3. The molecule has 4 heterocycles. The van der Waals surface area contributed by atoms with Crippen molar-refractivity contribution < 1.29 is 27.2 Å². The highest BCUT2D eigenvalue weighted by atomic mass is 35.5. The molecule has 1 unspecified atom stereocenters. The molecule has 1 aromatic carbocycles. The smallest absolute Gasteiger partial charge is 0.324 e. The number of hydrogen-bond acceptors (Lipinski definition) is 8. The van der Waals surface area contributed by atoms with Gasteiger partial charge in [-0.15, -0.1) is 0 Å². The van der Waals surface area contributed by atoms with E-state index in [9.17, 15) is 18.0 Å². The molecule has 0 aliphatic carbocycles. The summed E-state index contributed by atoms with van der Waals surface area (Å²) in [6.45, 7) is 6.29. The van der Waals surface area contributed by atoms with Gasteiger partial charge in [0, 0.05) is 48.5 Å². The number of rotatable bonds is 4. The van der Waals surface area contributed by atoms with E-state index in [1.165, 1.54) is 9.21 Å². The van der Waals surface area contributed by atoms with Gasteiger partial charge in [-0.3, -0.25) is 14.9 Å². The number of H-pyrrole nitrogens is 1. The molecule has 5 rings (SSSR count). The Bertz CT molecular complexity index is 1470. The van der Waals surface area contributed by atoms with Crippen molar-refractivity contribution in [2.24, 2.45) is 0 Å². The van der Waals surface area contributed by atoms with Crippen LogP contribution in [0.3, 0.4) is 0 Å². The quantitative estimate of drug-likeness (QED) is 0.473. The Labute approximate surface area is 219 Å². The number of fused-ring (bicyclic) bond motifs is 2. The van der Waals surface area contributed by atoms with Gasteiger partial charge in [-0.05, 0) is 45.0 Å². The fraction of sp³-hybridized carbons (Fsp3) is 0.458. The molecule has 2 aromatic heterocycles. The summed E-state index contributed by atoms with van der Waals surface area (Å²) in [6.07, 6.45) is 0.253. The third-order valence-corrected chi connectivity index (χ3v) is 8.32. The summed E-state index contributed by atoms with van der Waals surface area (Å²) in [4.78, 5) is 34.3. The van der Waals surface area contributed by atoms with Crippen molar-refractivity contribution in [2.45, 2.75) is 50.4 Å². The zero-order valence-electron chi connectivity index (χ0n) is 20.7. The molecule has 198 valence electrons. The number of piperazine rings is 1. The van der Waals surface area contributed by atoms with Crippen LogP contribution in [-0.4, -0.2) is 77.3 Å². The number of aromatic amines is 1. The highest BCUT2D eigenvalue weighted by Gasteiger charge is 2.35. The van der Waals surface area contributed by atoms with Crippen LogP contribution in [0, 0.1) is 0 Å². The molecule has 3 aromatic rings. The molecule has 0 spiro atoms. The lowest BCUT2D eigenvalue weighted by Crippen LogP contribution is -2.50. The maximum Gasteiger partial charge on any atom is 0.324 e. The zero-order chi connectivity index (χ0) is 26.5. The SMILES string of the molecule is CC(C)(C)OC(=O)C1Cc2nc(C(=O)N3CCN(S(=O)(=O)c4cc5cc(Cl)ccc5[nH]4)CC3)oc2CN1. The van der Waals surface area contributed by atoms with E-state index in [0.717, 1.165) is 0 Å². The first-order valence-corrected chi connectivity index (χ1v) is 13.7. The van der Waals surface area contributed by atoms with Gasteiger partial charge >= 0.3 is 11.9 Å². The third kappa shape index (κ3) is 5.24. The van der Waals surface area contributed by atoms with Crippen LogP contribution >= 0.6 is 11.6 Å². The van der Waals surface area contributed by atoms with Gasteiger partial charge in [0.15, 0.2) is 0 Å². The minimum atomic E-state index is -3.77. The maximum atomic E-state index is 13.2. The second kappa shape index (κ2) is 9.43. The normalized spacial score (nSPS) is 19.1. The first-order valence-electron chi connectivity index (χ1n) is 11.9. The molecule has 2 aliphatic rings. The van der Waals surface area contributed by atoms with Crippen molar-refractivity contribution in [1.29, 1.82) is 0 Å². The molecule has 1 fully saturated rings. The van der Waals surface area contributed by atoms with E-state index in [1.807, 2.05) is 0 Å². The van der Waals surface area contributed by atoms with E-state index in [1.54, 1.807) is 45.0 Å². The number of halogens is 1. The second-order valence-electron chi connectivity index (χ2n) is 10.1. The van der Waals surface area contributed by atoms with Crippen LogP contribution in [0.5, 0.6) is 0 Å². The second-order valence-corrected chi connectivity index (χ2v) is 12.5. The Hall–Kier alpha value is -2.93.